The number of nitrogens with one attached hydrogen (secondary N) is 1. The van der Waals surface area contributed by atoms with E-state index in [0.717, 1.165) is 9.82 Å². The van der Waals surface area contributed by atoms with E-state index in [1.807, 2.05) is 0 Å². The molecule has 0 unspecified atom stereocenters. The largest absolute Gasteiger partial charge is 0.345 e. The number of fused-ring (bicyclic) bond motifs is 1. The average Bonchev–Trinajstić information content (AvgIpc) is 2.74. The zero-order chi connectivity index (χ0) is 16.9. The van der Waals surface area contributed by atoms with Crippen molar-refractivity contribution < 1.29 is 13.2 Å². The third-order valence-corrected chi connectivity index (χ3v) is 5.73. The topological polar surface area (TPSA) is 97.4 Å². The van der Waals surface area contributed by atoms with Crippen LogP contribution in [0.4, 0.5) is 0 Å². The molecule has 1 aliphatic rings. The predicted molar refractivity (Wildman–Crippen MR) is 88.9 cm³/mol. The molecule has 3 rings (SSSR count). The van der Waals surface area contributed by atoms with Gasteiger partial charge in [-0.05, 0) is 18.2 Å². The van der Waals surface area contributed by atoms with Gasteiger partial charge in [-0.25, -0.2) is 5.14 Å². The van der Waals surface area contributed by atoms with E-state index in [9.17, 15) is 13.2 Å². The fraction of sp³-hybridized carbons (Fsp3) is 0.308. The van der Waals surface area contributed by atoms with Crippen LogP contribution in [0.5, 0.6) is 0 Å². The van der Waals surface area contributed by atoms with E-state index in [0.29, 0.717) is 21.1 Å². The molecule has 0 aliphatic carbocycles. The van der Waals surface area contributed by atoms with Gasteiger partial charge in [-0.2, -0.15) is 12.7 Å². The van der Waals surface area contributed by atoms with Gasteiger partial charge in [0, 0.05) is 31.0 Å². The molecular weight excluding hydrogens is 363 g/mol. The predicted octanol–water partition coefficient (Wildman–Crippen LogP) is 1.10. The van der Waals surface area contributed by atoms with Crippen molar-refractivity contribution in [3.05, 3.63) is 33.9 Å². The maximum atomic E-state index is 12.4. The molecule has 0 atom stereocenters. The lowest BCUT2D eigenvalue weighted by Crippen LogP contribution is -2.62. The number of aromatic nitrogens is 1. The summed E-state index contributed by atoms with van der Waals surface area (Å²) in [5.41, 5.74) is 1.20. The highest BCUT2D eigenvalue weighted by Gasteiger charge is 2.35. The molecule has 0 spiro atoms. The Hall–Kier alpha value is -1.32. The standard InChI is InChI=1S/C13H14Cl2N4O3S/c1-18-10-3-2-9(14)12(15)8(10)4-11(18)13(20)17-7-5-19(6-7)23(16,21)22/h2-4,7H,5-6H2,1H3,(H,17,20)(H2,16,21,22). The van der Waals surface area contributed by atoms with Crippen LogP contribution in [0.3, 0.4) is 0 Å². The van der Waals surface area contributed by atoms with Crippen LogP contribution in [0.1, 0.15) is 10.5 Å². The van der Waals surface area contributed by atoms with Gasteiger partial charge in [-0.1, -0.05) is 23.2 Å². The van der Waals surface area contributed by atoms with Crippen LogP contribution in [0.25, 0.3) is 10.9 Å². The summed E-state index contributed by atoms with van der Waals surface area (Å²) < 4.78 is 25.0. The number of halogens is 2. The number of nitrogens with two attached hydrogens (primary N) is 1. The van der Waals surface area contributed by atoms with Gasteiger partial charge < -0.3 is 9.88 Å². The van der Waals surface area contributed by atoms with Crippen molar-refractivity contribution in [2.75, 3.05) is 13.1 Å². The molecule has 7 nitrogen and oxygen atoms in total. The van der Waals surface area contributed by atoms with Crippen molar-refractivity contribution in [3.8, 4) is 0 Å². The SMILES string of the molecule is Cn1c(C(=O)NC2CN(S(N)(=O)=O)C2)cc2c(Cl)c(Cl)ccc21. The number of hydrogen-bond acceptors (Lipinski definition) is 3. The summed E-state index contributed by atoms with van der Waals surface area (Å²) in [5.74, 6) is -0.310. The van der Waals surface area contributed by atoms with Gasteiger partial charge in [0.05, 0.1) is 16.1 Å². The van der Waals surface area contributed by atoms with Crippen LogP contribution in [-0.2, 0) is 17.3 Å². The zero-order valence-corrected chi connectivity index (χ0v) is 14.4. The highest BCUT2D eigenvalue weighted by molar-refractivity contribution is 7.86. The highest BCUT2D eigenvalue weighted by Crippen LogP contribution is 2.32. The normalized spacial score (nSPS) is 16.5. The Kier molecular flexibility index (Phi) is 4.06. The van der Waals surface area contributed by atoms with Crippen molar-refractivity contribution in [3.63, 3.8) is 0 Å². The van der Waals surface area contributed by atoms with Crippen LogP contribution in [0.15, 0.2) is 18.2 Å². The number of rotatable bonds is 3. The van der Waals surface area contributed by atoms with E-state index in [2.05, 4.69) is 5.32 Å². The number of amides is 1. The second kappa shape index (κ2) is 5.64. The van der Waals surface area contributed by atoms with Crippen LogP contribution in [0, 0.1) is 0 Å². The molecule has 124 valence electrons. The summed E-state index contributed by atoms with van der Waals surface area (Å²) in [6.45, 7) is 0.336. The molecule has 23 heavy (non-hydrogen) atoms. The first-order chi connectivity index (χ1) is 10.7. The Labute approximate surface area is 143 Å². The first-order valence-electron chi connectivity index (χ1n) is 6.70. The fourth-order valence-electron chi connectivity index (χ4n) is 2.56. The lowest BCUT2D eigenvalue weighted by atomic mass is 10.2. The van der Waals surface area contributed by atoms with Crippen molar-refractivity contribution in [1.82, 2.24) is 14.2 Å². The smallest absolute Gasteiger partial charge is 0.277 e. The molecule has 0 radical (unpaired) electrons. The molecule has 2 heterocycles. The Morgan fingerprint density at radius 1 is 1.35 bits per heavy atom. The lowest BCUT2D eigenvalue weighted by molar-refractivity contribution is 0.0887. The molecule has 1 saturated heterocycles. The van der Waals surface area contributed by atoms with Crippen LogP contribution in [-0.4, -0.2) is 42.3 Å². The quantitative estimate of drug-likeness (QED) is 0.838. The van der Waals surface area contributed by atoms with Gasteiger partial charge in [0.15, 0.2) is 0 Å². The van der Waals surface area contributed by atoms with Gasteiger partial charge in [-0.3, -0.25) is 4.79 Å². The zero-order valence-electron chi connectivity index (χ0n) is 12.1. The maximum Gasteiger partial charge on any atom is 0.277 e. The van der Waals surface area contributed by atoms with Gasteiger partial charge in [0.2, 0.25) is 0 Å². The first kappa shape index (κ1) is 16.5. The van der Waals surface area contributed by atoms with E-state index in [1.165, 1.54) is 0 Å². The molecule has 1 aliphatic heterocycles. The Balaban J connectivity index is 1.80. The third kappa shape index (κ3) is 2.92. The molecule has 0 bridgehead atoms. The molecule has 2 aromatic rings. The van der Waals surface area contributed by atoms with E-state index in [1.54, 1.807) is 29.8 Å². The minimum Gasteiger partial charge on any atom is -0.345 e. The monoisotopic (exact) mass is 376 g/mol. The lowest BCUT2D eigenvalue weighted by Gasteiger charge is -2.36. The number of carbonyl (C=O) groups excluding carboxylic acids is 1. The summed E-state index contributed by atoms with van der Waals surface area (Å²) in [4.78, 5) is 12.4. The van der Waals surface area contributed by atoms with E-state index < -0.39 is 10.2 Å². The molecular formula is C13H14Cl2N4O3S. The fourth-order valence-corrected chi connectivity index (χ4v) is 3.72. The molecule has 1 amide bonds. The summed E-state index contributed by atoms with van der Waals surface area (Å²) in [5, 5.41) is 9.27. The van der Waals surface area contributed by atoms with Crippen LogP contribution in [0.2, 0.25) is 10.0 Å². The number of carbonyl (C=O) groups is 1. The van der Waals surface area contributed by atoms with Gasteiger partial charge in [-0.15, -0.1) is 0 Å². The molecule has 10 heteroatoms. The van der Waals surface area contributed by atoms with Gasteiger partial charge >= 0.3 is 0 Å². The molecule has 1 aromatic heterocycles. The number of nitrogens with zero attached hydrogens (tertiary/aromatic N) is 2. The van der Waals surface area contributed by atoms with Crippen molar-refractivity contribution >= 4 is 50.2 Å². The third-order valence-electron chi connectivity index (χ3n) is 3.89. The molecule has 0 saturated carbocycles. The second-order valence-corrected chi connectivity index (χ2v) is 7.75. The maximum absolute atomic E-state index is 12.4. The number of benzene rings is 1. The van der Waals surface area contributed by atoms with Crippen LogP contribution < -0.4 is 10.5 Å². The van der Waals surface area contributed by atoms with Gasteiger partial charge in [0.25, 0.3) is 16.1 Å². The van der Waals surface area contributed by atoms with E-state index >= 15 is 0 Å². The van der Waals surface area contributed by atoms with Crippen molar-refractivity contribution in [2.24, 2.45) is 12.2 Å². The van der Waals surface area contributed by atoms with E-state index in [4.69, 9.17) is 28.3 Å². The minimum absolute atomic E-state index is 0.168. The average molecular weight is 377 g/mol. The summed E-state index contributed by atoms with van der Waals surface area (Å²) in [7, 11) is -1.94. The highest BCUT2D eigenvalue weighted by atomic mass is 35.5. The summed E-state index contributed by atoms with van der Waals surface area (Å²) >= 11 is 12.2. The number of hydrogen-bond donors (Lipinski definition) is 2. The second-order valence-electron chi connectivity index (χ2n) is 5.42. The van der Waals surface area contributed by atoms with Crippen LogP contribution >= 0.6 is 23.2 Å². The molecule has 3 N–H and O–H groups in total. The van der Waals surface area contributed by atoms with E-state index in [-0.39, 0.29) is 25.0 Å². The minimum atomic E-state index is -3.69. The summed E-state index contributed by atoms with van der Waals surface area (Å²) in [6, 6.07) is 4.85. The first-order valence-corrected chi connectivity index (χ1v) is 8.96. The van der Waals surface area contributed by atoms with Crippen molar-refractivity contribution in [2.45, 2.75) is 6.04 Å². The van der Waals surface area contributed by atoms with Crippen molar-refractivity contribution in [1.29, 1.82) is 0 Å². The number of aryl methyl sites for hydroxylation is 1. The Bertz CT molecular complexity index is 904. The Morgan fingerprint density at radius 3 is 2.61 bits per heavy atom. The molecule has 1 fully saturated rings. The van der Waals surface area contributed by atoms with Gasteiger partial charge in [0.1, 0.15) is 5.69 Å². The Morgan fingerprint density at radius 2 is 2.00 bits per heavy atom. The molecule has 1 aromatic carbocycles. The summed E-state index contributed by atoms with van der Waals surface area (Å²) in [6.07, 6.45) is 0.